The largest absolute Gasteiger partial charge is 0.591 e. The molecule has 0 radical (unpaired) electrons. The maximum Gasteiger partial charge on any atom is 0.348 e. The Morgan fingerprint density at radius 1 is 0.571 bits per heavy atom. The van der Waals surface area contributed by atoms with Gasteiger partial charge in [-0.15, -0.1) is 0 Å². The first-order valence-electron chi connectivity index (χ1n) is 6.57. The summed E-state index contributed by atoms with van der Waals surface area (Å²) >= 11 is 0. The fourth-order valence-corrected chi connectivity index (χ4v) is 2.23. The van der Waals surface area contributed by atoms with Crippen LogP contribution in [0.5, 0.6) is 0 Å². The Labute approximate surface area is 125 Å². The van der Waals surface area contributed by atoms with Crippen LogP contribution in [0.4, 0.5) is 0 Å². The average molecular weight is 294 g/mol. The Kier molecular flexibility index (Phi) is 5.83. The van der Waals surface area contributed by atoms with Crippen LogP contribution in [0.2, 0.25) is 0 Å². The van der Waals surface area contributed by atoms with Crippen LogP contribution in [0.15, 0.2) is 91.0 Å². The van der Waals surface area contributed by atoms with E-state index in [9.17, 15) is 9.46 Å². The lowest BCUT2D eigenvalue weighted by molar-refractivity contribution is -0.160. The molecule has 21 heavy (non-hydrogen) atoms. The zero-order valence-corrected chi connectivity index (χ0v) is 12.3. The van der Waals surface area contributed by atoms with Gasteiger partial charge in [0.25, 0.3) is 0 Å². The van der Waals surface area contributed by atoms with E-state index in [1.54, 1.807) is 30.3 Å². The standard InChI is InChI=1S/C12H10.C6H5O2P/c1-3-7-11(8-4-1)12-9-5-2-6-10-12;7-9(8)6-4-2-1-3-5-6/h1-10H;1-5H. The third-order valence-corrected chi connectivity index (χ3v) is 3.57. The van der Waals surface area contributed by atoms with Gasteiger partial charge in [-0.3, -0.25) is 0 Å². The minimum absolute atomic E-state index is 0.368. The molecule has 0 spiro atoms. The van der Waals surface area contributed by atoms with Crippen molar-refractivity contribution in [1.82, 2.24) is 0 Å². The zero-order valence-electron chi connectivity index (χ0n) is 11.4. The Hall–Kier alpha value is -2.28. The van der Waals surface area contributed by atoms with Crippen molar-refractivity contribution in [2.24, 2.45) is 0 Å². The summed E-state index contributed by atoms with van der Waals surface area (Å²) in [5.41, 5.74) is 2.55. The van der Waals surface area contributed by atoms with Crippen LogP contribution in [0.25, 0.3) is 11.1 Å². The molecule has 3 rings (SSSR count). The molecule has 1 unspecified atom stereocenters. The molecule has 0 saturated heterocycles. The van der Waals surface area contributed by atoms with E-state index in [-0.39, 0.29) is 0 Å². The highest BCUT2D eigenvalue weighted by atomic mass is 31.1. The number of rotatable bonds is 2. The molecule has 3 aromatic carbocycles. The van der Waals surface area contributed by atoms with E-state index in [1.165, 1.54) is 11.1 Å². The third-order valence-electron chi connectivity index (χ3n) is 2.85. The fourth-order valence-electron chi connectivity index (χ4n) is 1.81. The van der Waals surface area contributed by atoms with Crippen molar-refractivity contribution in [3.8, 4) is 11.1 Å². The summed E-state index contributed by atoms with van der Waals surface area (Å²) in [7, 11) is -2.40. The van der Waals surface area contributed by atoms with E-state index in [2.05, 4.69) is 48.5 Å². The van der Waals surface area contributed by atoms with Gasteiger partial charge in [0.15, 0.2) is 5.30 Å². The molecule has 0 bridgehead atoms. The summed E-state index contributed by atoms with van der Waals surface area (Å²) in [5, 5.41) is 0.368. The number of benzene rings is 3. The summed E-state index contributed by atoms with van der Waals surface area (Å²) in [5.74, 6) is 0. The predicted octanol–water partition coefficient (Wildman–Crippen LogP) is 3.77. The van der Waals surface area contributed by atoms with Gasteiger partial charge in [0, 0.05) is 0 Å². The first kappa shape index (κ1) is 15.1. The highest BCUT2D eigenvalue weighted by Gasteiger charge is 2.02. The Bertz CT molecular complexity index is 630. The Morgan fingerprint density at radius 2 is 0.905 bits per heavy atom. The summed E-state index contributed by atoms with van der Waals surface area (Å²) in [6.07, 6.45) is 0. The van der Waals surface area contributed by atoms with E-state index in [1.807, 2.05) is 12.1 Å². The van der Waals surface area contributed by atoms with E-state index in [0.717, 1.165) is 0 Å². The van der Waals surface area contributed by atoms with Crippen LogP contribution < -0.4 is 10.2 Å². The normalized spacial score (nSPS) is 10.2. The van der Waals surface area contributed by atoms with Crippen molar-refractivity contribution in [2.75, 3.05) is 0 Å². The minimum Gasteiger partial charge on any atom is -0.591 e. The van der Waals surface area contributed by atoms with Crippen molar-refractivity contribution in [1.29, 1.82) is 0 Å². The molecule has 0 N–H and O–H groups in total. The zero-order chi connectivity index (χ0) is 14.9. The quantitative estimate of drug-likeness (QED) is 0.675. The molecule has 2 nitrogen and oxygen atoms in total. The van der Waals surface area contributed by atoms with Gasteiger partial charge >= 0.3 is 8.03 Å². The lowest BCUT2D eigenvalue weighted by Crippen LogP contribution is -2.02. The molecule has 0 aliphatic rings. The van der Waals surface area contributed by atoms with Gasteiger partial charge < -0.3 is 4.89 Å². The van der Waals surface area contributed by atoms with E-state index in [0.29, 0.717) is 5.30 Å². The molecule has 0 amide bonds. The Balaban J connectivity index is 0.000000161. The first-order valence-corrected chi connectivity index (χ1v) is 7.75. The first-order chi connectivity index (χ1) is 10.3. The summed E-state index contributed by atoms with van der Waals surface area (Å²) in [6, 6.07) is 29.1. The van der Waals surface area contributed by atoms with E-state index >= 15 is 0 Å². The summed E-state index contributed by atoms with van der Waals surface area (Å²) < 4.78 is 10.2. The second-order valence-electron chi connectivity index (χ2n) is 4.32. The van der Waals surface area contributed by atoms with Crippen LogP contribution in [0.3, 0.4) is 0 Å². The van der Waals surface area contributed by atoms with Crippen molar-refractivity contribution >= 4 is 13.3 Å². The van der Waals surface area contributed by atoms with Crippen molar-refractivity contribution in [3.05, 3.63) is 91.0 Å². The minimum atomic E-state index is -2.40. The van der Waals surface area contributed by atoms with Gasteiger partial charge in [0.05, 0.1) is 0 Å². The maximum absolute atomic E-state index is 10.2. The van der Waals surface area contributed by atoms with E-state index in [4.69, 9.17) is 0 Å². The van der Waals surface area contributed by atoms with Gasteiger partial charge in [-0.1, -0.05) is 83.4 Å². The van der Waals surface area contributed by atoms with Crippen LogP contribution in [0, 0.1) is 0 Å². The van der Waals surface area contributed by atoms with E-state index < -0.39 is 8.03 Å². The molecule has 0 aliphatic carbocycles. The molecule has 0 fully saturated rings. The van der Waals surface area contributed by atoms with Crippen molar-refractivity contribution in [2.45, 2.75) is 0 Å². The molecule has 3 heteroatoms. The van der Waals surface area contributed by atoms with Crippen LogP contribution in [-0.2, 0) is 4.57 Å². The maximum atomic E-state index is 10.2. The second kappa shape index (κ2) is 8.11. The summed E-state index contributed by atoms with van der Waals surface area (Å²) in [6.45, 7) is 0. The van der Waals surface area contributed by atoms with Gasteiger partial charge in [0.1, 0.15) is 0 Å². The molecule has 3 aromatic rings. The second-order valence-corrected chi connectivity index (χ2v) is 5.36. The van der Waals surface area contributed by atoms with Gasteiger partial charge in [-0.05, 0) is 23.3 Å². The highest BCUT2D eigenvalue weighted by molar-refractivity contribution is 7.45. The molecule has 0 heterocycles. The highest BCUT2D eigenvalue weighted by Crippen LogP contribution is 2.17. The van der Waals surface area contributed by atoms with Crippen LogP contribution in [0.1, 0.15) is 0 Å². The topological polar surface area (TPSA) is 40.1 Å². The molecule has 0 aromatic heterocycles. The van der Waals surface area contributed by atoms with Crippen molar-refractivity contribution in [3.63, 3.8) is 0 Å². The van der Waals surface area contributed by atoms with Crippen LogP contribution >= 0.6 is 8.03 Å². The third kappa shape index (κ3) is 4.96. The summed E-state index contributed by atoms with van der Waals surface area (Å²) in [4.78, 5) is 10.2. The van der Waals surface area contributed by atoms with Gasteiger partial charge in [-0.25, -0.2) is 0 Å². The predicted molar refractivity (Wildman–Crippen MR) is 85.6 cm³/mol. The molecule has 0 aliphatic heterocycles. The molecular weight excluding hydrogens is 279 g/mol. The lowest BCUT2D eigenvalue weighted by Gasteiger charge is -1.98. The lowest BCUT2D eigenvalue weighted by atomic mass is 10.1. The SMILES string of the molecule is O=[P+]([O-])c1ccccc1.c1ccc(-c2ccccc2)cc1. The molecule has 0 saturated carbocycles. The fraction of sp³-hybridized carbons (Fsp3) is 0. The van der Waals surface area contributed by atoms with Crippen LogP contribution in [-0.4, -0.2) is 0 Å². The Morgan fingerprint density at radius 3 is 1.19 bits per heavy atom. The molecule has 104 valence electrons. The number of hydrogen-bond donors (Lipinski definition) is 0. The average Bonchev–Trinajstić information content (AvgIpc) is 2.58. The monoisotopic (exact) mass is 294 g/mol. The van der Waals surface area contributed by atoms with Crippen molar-refractivity contribution < 1.29 is 9.46 Å². The molecule has 1 atom stereocenters. The smallest absolute Gasteiger partial charge is 0.348 e. The number of hydrogen-bond acceptors (Lipinski definition) is 2. The molecular formula is C18H15O2P. The van der Waals surface area contributed by atoms with Gasteiger partial charge in [0.2, 0.25) is 0 Å². The van der Waals surface area contributed by atoms with Gasteiger partial charge in [-0.2, -0.15) is 0 Å².